The Bertz CT molecular complexity index is 538. The minimum Gasteiger partial charge on any atom is -0.346 e. The van der Waals surface area contributed by atoms with Crippen molar-refractivity contribution in [2.75, 3.05) is 6.54 Å². The summed E-state index contributed by atoms with van der Waals surface area (Å²) in [7, 11) is 0. The average molecular weight is 217 g/mol. The maximum absolute atomic E-state index is 8.15. The number of piperidine rings is 1. The van der Waals surface area contributed by atoms with Crippen molar-refractivity contribution in [2.24, 2.45) is 0 Å². The summed E-state index contributed by atoms with van der Waals surface area (Å²) >= 11 is 0. The number of aromatic nitrogens is 3. The van der Waals surface area contributed by atoms with Gasteiger partial charge < -0.3 is 10.3 Å². The van der Waals surface area contributed by atoms with Crippen LogP contribution in [0.25, 0.3) is 11.0 Å². The Kier molecular flexibility index (Phi) is 1.93. The maximum atomic E-state index is 8.15. The molecule has 1 unspecified atom stereocenters. The van der Waals surface area contributed by atoms with Gasteiger partial charge in [0.25, 0.3) is 0 Å². The number of fused-ring (bicyclic) bond motifs is 1. The molecule has 0 aliphatic carbocycles. The first-order chi connectivity index (χ1) is 8.22. The van der Waals surface area contributed by atoms with Gasteiger partial charge in [0.2, 0.25) is 0 Å². The van der Waals surface area contributed by atoms with E-state index in [4.69, 9.17) is 1.41 Å². The quantitative estimate of drug-likeness (QED) is 0.767. The van der Waals surface area contributed by atoms with Crippen LogP contribution >= 0.6 is 0 Å². The molecule has 16 heavy (non-hydrogen) atoms. The summed E-state index contributed by atoms with van der Waals surface area (Å²) in [6.07, 6.45) is 6.70. The van der Waals surface area contributed by atoms with Crippen LogP contribution in [0.2, 0.25) is 1.41 Å². The molecular weight excluding hydrogens is 200 g/mol. The third kappa shape index (κ3) is 1.41. The molecule has 2 N–H and O–H groups in total. The number of H-pyrrole nitrogens is 1. The fourth-order valence-electron chi connectivity index (χ4n) is 2.48. The summed E-state index contributed by atoms with van der Waals surface area (Å²) in [6.45, 7) is 2.92. The van der Waals surface area contributed by atoms with E-state index in [-0.39, 0.29) is 5.54 Å². The minimum absolute atomic E-state index is 0.290. The maximum Gasteiger partial charge on any atom is 0.141 e. The van der Waals surface area contributed by atoms with Crippen LogP contribution in [0.15, 0.2) is 18.6 Å². The molecule has 2 aromatic rings. The Morgan fingerprint density at radius 2 is 2.38 bits per heavy atom. The van der Waals surface area contributed by atoms with Gasteiger partial charge in [-0.2, -0.15) is 0 Å². The Morgan fingerprint density at radius 3 is 3.25 bits per heavy atom. The van der Waals surface area contributed by atoms with Crippen LogP contribution < -0.4 is 5.31 Å². The van der Waals surface area contributed by atoms with Gasteiger partial charge in [-0.25, -0.2) is 9.97 Å². The van der Waals surface area contributed by atoms with Crippen molar-refractivity contribution in [3.63, 3.8) is 0 Å². The SMILES string of the molecule is [2H]N1CCCCC1(C)c1ncnc2[nH]ccc12. The summed E-state index contributed by atoms with van der Waals surface area (Å²) in [6, 6.07) is 2.00. The molecule has 0 saturated carbocycles. The van der Waals surface area contributed by atoms with Crippen LogP contribution in [0.3, 0.4) is 0 Å². The zero-order valence-corrected chi connectivity index (χ0v) is 9.40. The second-order valence-electron chi connectivity index (χ2n) is 4.57. The molecule has 1 aliphatic heterocycles. The van der Waals surface area contributed by atoms with Gasteiger partial charge in [-0.1, -0.05) is 0 Å². The molecule has 0 spiro atoms. The second-order valence-corrected chi connectivity index (χ2v) is 4.57. The van der Waals surface area contributed by atoms with Crippen LogP contribution in [-0.2, 0) is 5.54 Å². The van der Waals surface area contributed by atoms with E-state index in [0.717, 1.165) is 42.5 Å². The molecule has 1 fully saturated rings. The largest absolute Gasteiger partial charge is 0.346 e. The lowest BCUT2D eigenvalue weighted by molar-refractivity contribution is 0.279. The number of nitrogens with one attached hydrogen (secondary N) is 2. The second kappa shape index (κ2) is 3.56. The number of aromatic amines is 1. The predicted octanol–water partition coefficient (Wildman–Crippen LogP) is 1.95. The first-order valence-electron chi connectivity index (χ1n) is 6.21. The lowest BCUT2D eigenvalue weighted by atomic mass is 9.86. The molecule has 0 aromatic carbocycles. The fourth-order valence-corrected chi connectivity index (χ4v) is 2.48. The summed E-state index contributed by atoms with van der Waals surface area (Å²) in [5.74, 6) is 0. The van der Waals surface area contributed by atoms with Crippen molar-refractivity contribution in [1.29, 1.82) is 0 Å². The van der Waals surface area contributed by atoms with Crippen LogP contribution in [0.5, 0.6) is 0 Å². The van der Waals surface area contributed by atoms with E-state index < -0.39 is 0 Å². The van der Waals surface area contributed by atoms with Crippen LogP contribution in [0, 0.1) is 0 Å². The van der Waals surface area contributed by atoms with E-state index >= 15 is 0 Å². The number of nitrogens with zero attached hydrogens (tertiary/aromatic N) is 2. The molecule has 0 bridgehead atoms. The first kappa shape index (κ1) is 8.70. The molecule has 4 heteroatoms. The normalized spacial score (nSPS) is 28.2. The smallest absolute Gasteiger partial charge is 0.141 e. The summed E-state index contributed by atoms with van der Waals surface area (Å²) in [4.78, 5) is 11.7. The monoisotopic (exact) mass is 217 g/mol. The third-order valence-electron chi connectivity index (χ3n) is 3.40. The Morgan fingerprint density at radius 1 is 1.44 bits per heavy atom. The molecule has 2 aromatic heterocycles. The van der Waals surface area contributed by atoms with Crippen molar-refractivity contribution >= 4 is 11.0 Å². The van der Waals surface area contributed by atoms with Gasteiger partial charge in [-0.3, -0.25) is 0 Å². The van der Waals surface area contributed by atoms with Crippen molar-refractivity contribution in [2.45, 2.75) is 31.7 Å². The van der Waals surface area contributed by atoms with E-state index in [9.17, 15) is 0 Å². The summed E-state index contributed by atoms with van der Waals surface area (Å²) in [5, 5.41) is 2.71. The average Bonchev–Trinajstić information content (AvgIpc) is 2.81. The summed E-state index contributed by atoms with van der Waals surface area (Å²) in [5.41, 5.74) is 1.54. The molecule has 0 radical (unpaired) electrons. The van der Waals surface area contributed by atoms with Crippen LogP contribution in [0.4, 0.5) is 0 Å². The molecule has 3 rings (SSSR count). The van der Waals surface area contributed by atoms with E-state index in [0.29, 0.717) is 0 Å². The van der Waals surface area contributed by atoms with Crippen LogP contribution in [0.1, 0.15) is 31.9 Å². The van der Waals surface area contributed by atoms with Gasteiger partial charge in [-0.15, -0.1) is 0 Å². The molecule has 1 atom stereocenters. The van der Waals surface area contributed by atoms with E-state index in [1.807, 2.05) is 12.3 Å². The van der Waals surface area contributed by atoms with Crippen molar-refractivity contribution in [3.05, 3.63) is 24.3 Å². The Hall–Kier alpha value is -1.42. The number of rotatable bonds is 1. The molecule has 3 heterocycles. The Labute approximate surface area is 96.0 Å². The molecule has 1 saturated heterocycles. The highest BCUT2D eigenvalue weighted by Crippen LogP contribution is 2.31. The van der Waals surface area contributed by atoms with E-state index in [2.05, 4.69) is 21.9 Å². The van der Waals surface area contributed by atoms with Gasteiger partial charge in [0.05, 0.1) is 11.2 Å². The topological polar surface area (TPSA) is 53.6 Å². The highest BCUT2D eigenvalue weighted by Gasteiger charge is 2.31. The molecule has 1 aliphatic rings. The van der Waals surface area contributed by atoms with Gasteiger partial charge in [0, 0.05) is 11.6 Å². The lowest BCUT2D eigenvalue weighted by Crippen LogP contribution is -2.44. The minimum atomic E-state index is -0.290. The fraction of sp³-hybridized carbons (Fsp3) is 0.500. The zero-order chi connectivity index (χ0) is 11.9. The first-order valence-corrected chi connectivity index (χ1v) is 5.77. The Balaban J connectivity index is 2.16. The van der Waals surface area contributed by atoms with Crippen molar-refractivity contribution in [1.82, 2.24) is 20.3 Å². The molecule has 84 valence electrons. The van der Waals surface area contributed by atoms with E-state index in [1.165, 1.54) is 0 Å². The van der Waals surface area contributed by atoms with E-state index in [1.54, 1.807) is 11.6 Å². The predicted molar refractivity (Wildman–Crippen MR) is 63.1 cm³/mol. The van der Waals surface area contributed by atoms with Gasteiger partial charge in [0.1, 0.15) is 13.4 Å². The third-order valence-corrected chi connectivity index (χ3v) is 3.40. The lowest BCUT2D eigenvalue weighted by Gasteiger charge is -2.34. The van der Waals surface area contributed by atoms with Crippen LogP contribution in [-0.4, -0.2) is 21.5 Å². The van der Waals surface area contributed by atoms with Gasteiger partial charge in [-0.05, 0) is 38.8 Å². The highest BCUT2D eigenvalue weighted by molar-refractivity contribution is 5.78. The molecule has 0 amide bonds. The molecule has 4 nitrogen and oxygen atoms in total. The highest BCUT2D eigenvalue weighted by atomic mass is 15.0. The standard InChI is InChI=1S/C12H16N4/c1-12(5-2-3-6-16-12)10-9-4-7-13-11(9)15-8-14-10/h4,7-8,16H,2-3,5-6H2,1H3,(H,13,14,15)/i/hD. The van der Waals surface area contributed by atoms with Crippen molar-refractivity contribution in [3.8, 4) is 0 Å². The number of hydrogen-bond acceptors (Lipinski definition) is 3. The zero-order valence-electron chi connectivity index (χ0n) is 10.4. The van der Waals surface area contributed by atoms with Crippen molar-refractivity contribution < 1.29 is 1.41 Å². The number of hydrogen-bond donors (Lipinski definition) is 2. The van der Waals surface area contributed by atoms with Gasteiger partial charge in [0.15, 0.2) is 0 Å². The van der Waals surface area contributed by atoms with Gasteiger partial charge >= 0.3 is 0 Å². The molecular formula is C12H16N4. The summed E-state index contributed by atoms with van der Waals surface area (Å²) < 4.78 is 8.15.